The molecule has 0 aliphatic carbocycles. The van der Waals surface area contributed by atoms with Crippen LogP contribution < -0.4 is 4.74 Å². The Balaban J connectivity index is 2.55. The quantitative estimate of drug-likeness (QED) is 0.311. The smallest absolute Gasteiger partial charge is 0.229 e. The van der Waals surface area contributed by atoms with Crippen molar-refractivity contribution in [1.29, 1.82) is 0 Å². The number of hydrogen-bond acceptors (Lipinski definition) is 3. The molecule has 1 rings (SSSR count). The van der Waals surface area contributed by atoms with Gasteiger partial charge in [0.1, 0.15) is 5.75 Å². The Morgan fingerprint density at radius 1 is 1.43 bits per heavy atom. The van der Waals surface area contributed by atoms with Gasteiger partial charge in [0, 0.05) is 5.56 Å². The van der Waals surface area contributed by atoms with Gasteiger partial charge >= 0.3 is 0 Å². The molecular formula is C11H12O3. The first kappa shape index (κ1) is 10.3. The lowest BCUT2D eigenvalue weighted by Gasteiger charge is -2.05. The first-order chi connectivity index (χ1) is 6.74. The minimum Gasteiger partial charge on any atom is -0.466 e. The first-order valence-electron chi connectivity index (χ1n) is 4.20. The second kappa shape index (κ2) is 5.07. The Morgan fingerprint density at radius 3 is 2.57 bits per heavy atom. The van der Waals surface area contributed by atoms with Crippen LogP contribution in [0, 0.1) is 0 Å². The molecule has 0 atom stereocenters. The molecule has 0 aliphatic rings. The zero-order valence-corrected chi connectivity index (χ0v) is 8.03. The fourth-order valence-corrected chi connectivity index (χ4v) is 0.936. The molecule has 0 amide bonds. The van der Waals surface area contributed by atoms with Crippen LogP contribution in [0.15, 0.2) is 37.1 Å². The van der Waals surface area contributed by atoms with Gasteiger partial charge in [0.15, 0.2) is 5.78 Å². The van der Waals surface area contributed by atoms with E-state index in [-0.39, 0.29) is 12.6 Å². The van der Waals surface area contributed by atoms with Crippen molar-refractivity contribution in [3.05, 3.63) is 42.7 Å². The van der Waals surface area contributed by atoms with Gasteiger partial charge in [-0.25, -0.2) is 0 Å². The predicted octanol–water partition coefficient (Wildman–Crippen LogP) is 2.39. The number of rotatable bonds is 5. The van der Waals surface area contributed by atoms with Crippen molar-refractivity contribution in [2.24, 2.45) is 0 Å². The molecule has 1 aromatic carbocycles. The second-order valence-electron chi connectivity index (χ2n) is 2.68. The molecule has 0 N–H and O–H groups in total. The SMILES string of the molecule is C=COCOc1ccc(C(C)=O)cc1. The van der Waals surface area contributed by atoms with Crippen LogP contribution in [0.2, 0.25) is 0 Å². The topological polar surface area (TPSA) is 35.5 Å². The van der Waals surface area contributed by atoms with Crippen molar-refractivity contribution in [3.63, 3.8) is 0 Å². The Morgan fingerprint density at radius 2 is 2.07 bits per heavy atom. The van der Waals surface area contributed by atoms with E-state index in [9.17, 15) is 4.79 Å². The van der Waals surface area contributed by atoms with Crippen molar-refractivity contribution >= 4 is 5.78 Å². The summed E-state index contributed by atoms with van der Waals surface area (Å²) in [5.74, 6) is 0.704. The van der Waals surface area contributed by atoms with Gasteiger partial charge in [-0.2, -0.15) is 0 Å². The van der Waals surface area contributed by atoms with Crippen molar-refractivity contribution in [2.75, 3.05) is 6.79 Å². The molecule has 74 valence electrons. The predicted molar refractivity (Wildman–Crippen MR) is 53.2 cm³/mol. The van der Waals surface area contributed by atoms with E-state index in [1.165, 1.54) is 13.2 Å². The van der Waals surface area contributed by atoms with Crippen molar-refractivity contribution in [2.45, 2.75) is 6.92 Å². The third kappa shape index (κ3) is 2.94. The molecule has 14 heavy (non-hydrogen) atoms. The van der Waals surface area contributed by atoms with E-state index >= 15 is 0 Å². The van der Waals surface area contributed by atoms with Gasteiger partial charge in [-0.15, -0.1) is 0 Å². The lowest BCUT2D eigenvalue weighted by Crippen LogP contribution is -1.98. The molecule has 3 heteroatoms. The highest BCUT2D eigenvalue weighted by Crippen LogP contribution is 2.12. The average molecular weight is 192 g/mol. The van der Waals surface area contributed by atoms with Gasteiger partial charge in [0.05, 0.1) is 6.26 Å². The zero-order chi connectivity index (χ0) is 10.4. The van der Waals surface area contributed by atoms with Crippen molar-refractivity contribution in [3.8, 4) is 5.75 Å². The maximum absolute atomic E-state index is 10.9. The van der Waals surface area contributed by atoms with Gasteiger partial charge < -0.3 is 9.47 Å². The number of benzene rings is 1. The summed E-state index contributed by atoms with van der Waals surface area (Å²) in [6.45, 7) is 5.03. The molecule has 3 nitrogen and oxygen atoms in total. The zero-order valence-electron chi connectivity index (χ0n) is 8.03. The van der Waals surface area contributed by atoms with Crippen LogP contribution in [0.1, 0.15) is 17.3 Å². The van der Waals surface area contributed by atoms with Crippen LogP contribution >= 0.6 is 0 Å². The lowest BCUT2D eigenvalue weighted by atomic mass is 10.1. The van der Waals surface area contributed by atoms with Gasteiger partial charge in [-0.05, 0) is 31.2 Å². The van der Waals surface area contributed by atoms with Crippen molar-refractivity contribution < 1.29 is 14.3 Å². The summed E-state index contributed by atoms with van der Waals surface area (Å²) in [4.78, 5) is 10.9. The molecule has 0 radical (unpaired) electrons. The third-order valence-electron chi connectivity index (χ3n) is 1.67. The van der Waals surface area contributed by atoms with E-state index in [4.69, 9.17) is 9.47 Å². The number of ether oxygens (including phenoxy) is 2. The normalized spacial score (nSPS) is 9.21. The molecule has 0 saturated heterocycles. The molecule has 0 spiro atoms. The van der Waals surface area contributed by atoms with E-state index < -0.39 is 0 Å². The highest BCUT2D eigenvalue weighted by Gasteiger charge is 1.98. The van der Waals surface area contributed by atoms with Gasteiger partial charge in [-0.3, -0.25) is 4.79 Å². The molecule has 0 unspecified atom stereocenters. The number of carbonyl (C=O) groups is 1. The fourth-order valence-electron chi connectivity index (χ4n) is 0.936. The average Bonchev–Trinajstić information content (AvgIpc) is 2.19. The summed E-state index contributed by atoms with van der Waals surface area (Å²) in [6, 6.07) is 6.88. The minimum atomic E-state index is 0.0406. The number of ketones is 1. The molecular weight excluding hydrogens is 180 g/mol. The van der Waals surface area contributed by atoms with Crippen LogP contribution in [0.5, 0.6) is 5.75 Å². The van der Waals surface area contributed by atoms with E-state index in [0.717, 1.165) is 0 Å². The van der Waals surface area contributed by atoms with Crippen LogP contribution in [0.25, 0.3) is 0 Å². The van der Waals surface area contributed by atoms with E-state index in [2.05, 4.69) is 6.58 Å². The van der Waals surface area contributed by atoms with Gasteiger partial charge in [0.2, 0.25) is 6.79 Å². The van der Waals surface area contributed by atoms with E-state index in [1.807, 2.05) is 0 Å². The van der Waals surface area contributed by atoms with E-state index in [0.29, 0.717) is 11.3 Å². The maximum Gasteiger partial charge on any atom is 0.229 e. The van der Waals surface area contributed by atoms with Gasteiger partial charge in [0.25, 0.3) is 0 Å². The maximum atomic E-state index is 10.9. The molecule has 0 saturated carbocycles. The molecule has 0 heterocycles. The highest BCUT2D eigenvalue weighted by molar-refractivity contribution is 5.94. The molecule has 0 aromatic heterocycles. The number of carbonyl (C=O) groups excluding carboxylic acids is 1. The third-order valence-corrected chi connectivity index (χ3v) is 1.67. The number of Topliss-reactive ketones (excluding diaryl/α,β-unsaturated/α-hetero) is 1. The Kier molecular flexibility index (Phi) is 3.73. The minimum absolute atomic E-state index is 0.0406. The van der Waals surface area contributed by atoms with Crippen molar-refractivity contribution in [1.82, 2.24) is 0 Å². The molecule has 0 fully saturated rings. The largest absolute Gasteiger partial charge is 0.466 e. The monoisotopic (exact) mass is 192 g/mol. The summed E-state index contributed by atoms with van der Waals surface area (Å²) >= 11 is 0. The second-order valence-corrected chi connectivity index (χ2v) is 2.68. The highest BCUT2D eigenvalue weighted by atomic mass is 16.7. The molecule has 0 bridgehead atoms. The molecule has 1 aromatic rings. The summed E-state index contributed by atoms with van der Waals surface area (Å²) < 4.78 is 9.97. The van der Waals surface area contributed by atoms with Crippen LogP contribution in [0.4, 0.5) is 0 Å². The lowest BCUT2D eigenvalue weighted by molar-refractivity contribution is 0.0807. The summed E-state index contributed by atoms with van der Waals surface area (Å²) in [5, 5.41) is 0. The van der Waals surface area contributed by atoms with Crippen LogP contribution in [0.3, 0.4) is 0 Å². The Hall–Kier alpha value is -1.77. The number of hydrogen-bond donors (Lipinski definition) is 0. The summed E-state index contributed by atoms with van der Waals surface area (Å²) in [5.41, 5.74) is 0.669. The summed E-state index contributed by atoms with van der Waals surface area (Å²) in [6.07, 6.45) is 1.31. The summed E-state index contributed by atoms with van der Waals surface area (Å²) in [7, 11) is 0. The standard InChI is InChI=1S/C11H12O3/c1-3-13-8-14-11-6-4-10(5-7-11)9(2)12/h3-7H,1,8H2,2H3. The van der Waals surface area contributed by atoms with Crippen LogP contribution in [-0.2, 0) is 4.74 Å². The van der Waals surface area contributed by atoms with Gasteiger partial charge in [-0.1, -0.05) is 6.58 Å². The molecule has 0 aliphatic heterocycles. The fraction of sp³-hybridized carbons (Fsp3) is 0.182. The first-order valence-corrected chi connectivity index (χ1v) is 4.20. The Labute approximate surface area is 83.0 Å². The van der Waals surface area contributed by atoms with Crippen LogP contribution in [-0.4, -0.2) is 12.6 Å². The van der Waals surface area contributed by atoms with E-state index in [1.54, 1.807) is 24.3 Å². The Bertz CT molecular complexity index is 314.